The lowest BCUT2D eigenvalue weighted by atomic mass is 10.1. The normalized spacial score (nSPS) is 12.4. The number of amides is 1. The smallest absolute Gasteiger partial charge is 0.219 e. The predicted octanol–water partition coefficient (Wildman–Crippen LogP) is 3.13. The molecule has 4 nitrogen and oxygen atoms in total. The molecule has 0 radical (unpaired) electrons. The molecule has 2 rings (SSSR count). The summed E-state index contributed by atoms with van der Waals surface area (Å²) in [4.78, 5) is 10.8. The first-order valence-electron chi connectivity index (χ1n) is 5.56. The summed E-state index contributed by atoms with van der Waals surface area (Å²) in [5, 5.41) is 1.08. The third-order valence-corrected chi connectivity index (χ3v) is 3.17. The number of carbonyl (C=O) groups is 1. The molecule has 1 heterocycles. The molecule has 0 saturated carbocycles. The van der Waals surface area contributed by atoms with Gasteiger partial charge >= 0.3 is 0 Å². The zero-order chi connectivity index (χ0) is 14.0. The Kier molecular flexibility index (Phi) is 4.14. The average Bonchev–Trinajstić information content (AvgIpc) is 2.80. The Bertz CT molecular complexity index is 610. The third-order valence-electron chi connectivity index (χ3n) is 2.61. The van der Waals surface area contributed by atoms with Gasteiger partial charge in [-0.15, -0.1) is 0 Å². The van der Waals surface area contributed by atoms with Gasteiger partial charge in [-0.3, -0.25) is 4.79 Å². The van der Waals surface area contributed by atoms with Gasteiger partial charge in [-0.05, 0) is 30.3 Å². The number of furan rings is 1. The molecule has 1 amide bonds. The Labute approximate surface area is 120 Å². The number of hydrogen-bond donors (Lipinski definition) is 2. The fourth-order valence-electron chi connectivity index (χ4n) is 1.70. The van der Waals surface area contributed by atoms with Gasteiger partial charge < -0.3 is 15.9 Å². The van der Waals surface area contributed by atoms with Gasteiger partial charge in [0.1, 0.15) is 11.5 Å². The number of hydrogen-bond acceptors (Lipinski definition) is 3. The summed E-state index contributed by atoms with van der Waals surface area (Å²) in [6.45, 7) is 0. The highest BCUT2D eigenvalue weighted by Gasteiger charge is 2.15. The van der Waals surface area contributed by atoms with E-state index in [9.17, 15) is 4.79 Å². The summed E-state index contributed by atoms with van der Waals surface area (Å²) in [5.41, 5.74) is 11.6. The lowest BCUT2D eigenvalue weighted by molar-refractivity contribution is -0.118. The van der Waals surface area contributed by atoms with Gasteiger partial charge in [-0.2, -0.15) is 0 Å². The number of benzene rings is 1. The fraction of sp³-hybridized carbons (Fsp3) is 0.154. The van der Waals surface area contributed by atoms with Crippen molar-refractivity contribution in [3.63, 3.8) is 0 Å². The first-order chi connectivity index (χ1) is 8.97. The largest absolute Gasteiger partial charge is 0.459 e. The van der Waals surface area contributed by atoms with Gasteiger partial charge in [0.25, 0.3) is 0 Å². The maximum atomic E-state index is 10.8. The van der Waals surface area contributed by atoms with Crippen LogP contribution in [0.15, 0.2) is 34.7 Å². The lowest BCUT2D eigenvalue weighted by Gasteiger charge is -2.06. The second-order valence-corrected chi connectivity index (χ2v) is 4.95. The molecule has 0 aliphatic heterocycles. The van der Waals surface area contributed by atoms with Crippen LogP contribution in [0.4, 0.5) is 0 Å². The second kappa shape index (κ2) is 5.65. The zero-order valence-corrected chi connectivity index (χ0v) is 11.4. The van der Waals surface area contributed by atoms with Gasteiger partial charge in [-0.1, -0.05) is 23.2 Å². The highest BCUT2D eigenvalue weighted by molar-refractivity contribution is 6.35. The minimum Gasteiger partial charge on any atom is -0.459 e. The van der Waals surface area contributed by atoms with Crippen LogP contribution in [0.2, 0.25) is 10.0 Å². The van der Waals surface area contributed by atoms with Crippen LogP contribution in [0, 0.1) is 0 Å². The topological polar surface area (TPSA) is 82.2 Å². The summed E-state index contributed by atoms with van der Waals surface area (Å²) in [5.74, 6) is 0.540. The Hall–Kier alpha value is -1.49. The lowest BCUT2D eigenvalue weighted by Crippen LogP contribution is -2.20. The third kappa shape index (κ3) is 3.29. The van der Waals surface area contributed by atoms with Crippen molar-refractivity contribution in [2.24, 2.45) is 11.5 Å². The molecule has 6 heteroatoms. The predicted molar refractivity (Wildman–Crippen MR) is 74.9 cm³/mol. The Morgan fingerprint density at radius 3 is 2.68 bits per heavy atom. The van der Waals surface area contributed by atoms with Crippen molar-refractivity contribution in [2.75, 3.05) is 0 Å². The molecular formula is C13H12Cl2N2O2. The van der Waals surface area contributed by atoms with Crippen molar-refractivity contribution in [2.45, 2.75) is 12.5 Å². The van der Waals surface area contributed by atoms with Crippen LogP contribution >= 0.6 is 23.2 Å². The van der Waals surface area contributed by atoms with E-state index in [4.69, 9.17) is 39.1 Å². The molecule has 0 fully saturated rings. The van der Waals surface area contributed by atoms with Crippen LogP contribution < -0.4 is 11.5 Å². The molecule has 1 atom stereocenters. The van der Waals surface area contributed by atoms with E-state index in [0.29, 0.717) is 27.1 Å². The maximum Gasteiger partial charge on any atom is 0.219 e. The minimum atomic E-state index is -0.566. The van der Waals surface area contributed by atoms with Gasteiger partial charge in [0.05, 0.1) is 11.1 Å². The van der Waals surface area contributed by atoms with Crippen LogP contribution in [-0.2, 0) is 4.79 Å². The van der Waals surface area contributed by atoms with Crippen molar-refractivity contribution in [3.8, 4) is 11.3 Å². The van der Waals surface area contributed by atoms with Crippen molar-refractivity contribution < 1.29 is 9.21 Å². The monoisotopic (exact) mass is 298 g/mol. The van der Waals surface area contributed by atoms with E-state index in [1.165, 1.54) is 0 Å². The summed E-state index contributed by atoms with van der Waals surface area (Å²) in [6, 6.07) is 7.94. The number of carbonyl (C=O) groups excluding carboxylic acids is 1. The zero-order valence-electron chi connectivity index (χ0n) is 9.90. The molecule has 0 aliphatic carbocycles. The highest BCUT2D eigenvalue weighted by Crippen LogP contribution is 2.33. The average molecular weight is 299 g/mol. The first-order valence-corrected chi connectivity index (χ1v) is 6.32. The fourth-order valence-corrected chi connectivity index (χ4v) is 2.08. The van der Waals surface area contributed by atoms with Gasteiger partial charge in [0.15, 0.2) is 0 Å². The Morgan fingerprint density at radius 2 is 2.00 bits per heavy atom. The second-order valence-electron chi connectivity index (χ2n) is 4.10. The Balaban J connectivity index is 2.30. The van der Waals surface area contributed by atoms with Crippen LogP contribution in [0.3, 0.4) is 0 Å². The molecule has 1 aromatic carbocycles. The van der Waals surface area contributed by atoms with E-state index in [1.54, 1.807) is 30.3 Å². The van der Waals surface area contributed by atoms with Crippen molar-refractivity contribution in [1.82, 2.24) is 0 Å². The molecule has 1 aromatic heterocycles. The SMILES string of the molecule is NC(=O)C[C@@H](N)c1ccc(-c2cc(Cl)ccc2Cl)o1. The van der Waals surface area contributed by atoms with E-state index in [2.05, 4.69) is 0 Å². The van der Waals surface area contributed by atoms with E-state index in [-0.39, 0.29) is 6.42 Å². The summed E-state index contributed by atoms with van der Waals surface area (Å²) in [7, 11) is 0. The molecule has 4 N–H and O–H groups in total. The first kappa shape index (κ1) is 13.9. The molecule has 0 saturated heterocycles. The van der Waals surface area contributed by atoms with Crippen LogP contribution in [0.25, 0.3) is 11.3 Å². The van der Waals surface area contributed by atoms with Crippen molar-refractivity contribution in [3.05, 3.63) is 46.1 Å². The summed E-state index contributed by atoms with van der Waals surface area (Å²) in [6.07, 6.45) is 0.0240. The number of nitrogens with two attached hydrogens (primary N) is 2. The minimum absolute atomic E-state index is 0.0240. The molecule has 0 aliphatic rings. The van der Waals surface area contributed by atoms with Crippen LogP contribution in [-0.4, -0.2) is 5.91 Å². The number of rotatable bonds is 4. The van der Waals surface area contributed by atoms with Gasteiger partial charge in [0, 0.05) is 17.0 Å². The molecule has 0 unspecified atom stereocenters. The van der Waals surface area contributed by atoms with Crippen LogP contribution in [0.1, 0.15) is 18.2 Å². The molecule has 100 valence electrons. The van der Waals surface area contributed by atoms with Crippen LogP contribution in [0.5, 0.6) is 0 Å². The number of primary amides is 1. The van der Waals surface area contributed by atoms with E-state index >= 15 is 0 Å². The van der Waals surface area contributed by atoms with E-state index in [0.717, 1.165) is 0 Å². The number of halogens is 2. The van der Waals surface area contributed by atoms with E-state index < -0.39 is 11.9 Å². The quantitative estimate of drug-likeness (QED) is 0.910. The van der Waals surface area contributed by atoms with E-state index in [1.807, 2.05) is 0 Å². The molecule has 19 heavy (non-hydrogen) atoms. The summed E-state index contributed by atoms with van der Waals surface area (Å²) < 4.78 is 5.59. The molecule has 2 aromatic rings. The molecule has 0 spiro atoms. The maximum absolute atomic E-state index is 10.8. The highest BCUT2D eigenvalue weighted by atomic mass is 35.5. The van der Waals surface area contributed by atoms with Gasteiger partial charge in [-0.25, -0.2) is 0 Å². The van der Waals surface area contributed by atoms with Crippen molar-refractivity contribution >= 4 is 29.1 Å². The van der Waals surface area contributed by atoms with Crippen molar-refractivity contribution in [1.29, 1.82) is 0 Å². The standard InChI is InChI=1S/C13H12Cl2N2O2/c14-7-1-2-9(15)8(5-7)11-3-4-12(19-11)10(16)6-13(17)18/h1-5,10H,6,16H2,(H2,17,18)/t10-/m1/s1. The summed E-state index contributed by atoms with van der Waals surface area (Å²) >= 11 is 12.0. The molecule has 0 bridgehead atoms. The Morgan fingerprint density at radius 1 is 1.26 bits per heavy atom. The molecular weight excluding hydrogens is 287 g/mol. The van der Waals surface area contributed by atoms with Gasteiger partial charge in [0.2, 0.25) is 5.91 Å².